The Morgan fingerprint density at radius 3 is 2.76 bits per heavy atom. The highest BCUT2D eigenvalue weighted by Crippen LogP contribution is 2.30. The van der Waals surface area contributed by atoms with Crippen molar-refractivity contribution in [2.24, 2.45) is 0 Å². The van der Waals surface area contributed by atoms with Crippen LogP contribution in [0.5, 0.6) is 0 Å². The number of aliphatic hydroxyl groups is 1. The fourth-order valence-corrected chi connectivity index (χ4v) is 5.20. The van der Waals surface area contributed by atoms with Crippen LogP contribution in [0.1, 0.15) is 42.5 Å². The number of carbonyl (C=O) groups excluding carboxylic acids is 1. The third-order valence-corrected chi connectivity index (χ3v) is 7.01. The van der Waals surface area contributed by atoms with Crippen molar-refractivity contribution < 1.29 is 9.90 Å². The van der Waals surface area contributed by atoms with Crippen molar-refractivity contribution in [3.05, 3.63) is 42.4 Å². The molecule has 4 aromatic rings. The number of hydrogen-bond acceptors (Lipinski definition) is 7. The van der Waals surface area contributed by atoms with E-state index in [4.69, 9.17) is 4.98 Å². The molecule has 0 aromatic carbocycles. The maximum atomic E-state index is 13.1. The quantitative estimate of drug-likeness (QED) is 0.419. The molecule has 176 valence electrons. The number of anilines is 2. The molecule has 5 heterocycles. The molecular weight excluding hydrogens is 432 g/mol. The molecule has 34 heavy (non-hydrogen) atoms. The molecule has 2 aliphatic rings. The third-order valence-electron chi connectivity index (χ3n) is 7.01. The van der Waals surface area contributed by atoms with Crippen LogP contribution in [-0.4, -0.2) is 67.3 Å². The lowest BCUT2D eigenvalue weighted by Gasteiger charge is -2.19. The highest BCUT2D eigenvalue weighted by Gasteiger charge is 2.28. The van der Waals surface area contributed by atoms with Crippen molar-refractivity contribution in [1.29, 1.82) is 0 Å². The Morgan fingerprint density at radius 2 is 2.00 bits per heavy atom. The second kappa shape index (κ2) is 8.28. The summed E-state index contributed by atoms with van der Waals surface area (Å²) < 4.78 is 3.68. The maximum Gasteiger partial charge on any atom is 0.257 e. The van der Waals surface area contributed by atoms with Crippen molar-refractivity contribution in [1.82, 2.24) is 29.3 Å². The molecule has 6 rings (SSSR count). The standard InChI is InChI=1S/C24H28N8O2/c1-25-21-13-17(18-7-8-19(30-10-2-3-11-30)23-26-9-12-31(18)23)28-22-15(14-27-32(21)22)24(34)29-16-5-4-6-20(16)33/h7-9,12-14,16,20,25,33H,2-6,10-11H2,1H3,(H,29,34)/t16?,20-/m1/s1. The molecule has 1 aliphatic carbocycles. The molecular formula is C24H28N8O2. The van der Waals surface area contributed by atoms with Crippen LogP contribution < -0.4 is 15.5 Å². The molecule has 1 amide bonds. The van der Waals surface area contributed by atoms with Crippen LogP contribution in [0.15, 0.2) is 36.8 Å². The summed E-state index contributed by atoms with van der Waals surface area (Å²) in [5, 5.41) is 20.7. The first-order valence-electron chi connectivity index (χ1n) is 11.9. The van der Waals surface area contributed by atoms with E-state index in [2.05, 4.69) is 42.1 Å². The fraction of sp³-hybridized carbons (Fsp3) is 0.417. The summed E-state index contributed by atoms with van der Waals surface area (Å²) in [6, 6.07) is 5.86. The summed E-state index contributed by atoms with van der Waals surface area (Å²) in [4.78, 5) is 24.9. The molecule has 4 aromatic heterocycles. The molecule has 0 spiro atoms. The average Bonchev–Trinajstić information content (AvgIpc) is 3.65. The van der Waals surface area contributed by atoms with E-state index in [0.717, 1.165) is 48.8 Å². The molecule has 10 heteroatoms. The zero-order valence-electron chi connectivity index (χ0n) is 19.1. The second-order valence-electron chi connectivity index (χ2n) is 9.07. The van der Waals surface area contributed by atoms with E-state index in [1.54, 1.807) is 10.7 Å². The molecule has 1 saturated heterocycles. The number of pyridine rings is 1. The van der Waals surface area contributed by atoms with Gasteiger partial charge in [0.2, 0.25) is 0 Å². The molecule has 0 radical (unpaired) electrons. The number of nitrogens with one attached hydrogen (secondary N) is 2. The van der Waals surface area contributed by atoms with Gasteiger partial charge in [-0.2, -0.15) is 9.61 Å². The summed E-state index contributed by atoms with van der Waals surface area (Å²) >= 11 is 0. The van der Waals surface area contributed by atoms with Crippen LogP contribution in [0.4, 0.5) is 11.5 Å². The molecule has 1 saturated carbocycles. The van der Waals surface area contributed by atoms with Crippen LogP contribution in [0.2, 0.25) is 0 Å². The van der Waals surface area contributed by atoms with Crippen molar-refractivity contribution in [3.63, 3.8) is 0 Å². The summed E-state index contributed by atoms with van der Waals surface area (Å²) in [5.41, 5.74) is 4.46. The number of amides is 1. The Labute approximate surface area is 196 Å². The number of rotatable bonds is 5. The maximum absolute atomic E-state index is 13.1. The second-order valence-corrected chi connectivity index (χ2v) is 9.07. The Hall–Kier alpha value is -3.66. The monoisotopic (exact) mass is 460 g/mol. The van der Waals surface area contributed by atoms with Crippen LogP contribution in [0, 0.1) is 0 Å². The number of aliphatic hydroxyl groups excluding tert-OH is 1. The van der Waals surface area contributed by atoms with Crippen molar-refractivity contribution in [2.75, 3.05) is 30.4 Å². The molecule has 2 fully saturated rings. The highest BCUT2D eigenvalue weighted by molar-refractivity contribution is 6.00. The van der Waals surface area contributed by atoms with Crippen molar-refractivity contribution in [3.8, 4) is 11.4 Å². The molecule has 2 atom stereocenters. The van der Waals surface area contributed by atoms with Crippen molar-refractivity contribution >= 4 is 28.7 Å². The van der Waals surface area contributed by atoms with Gasteiger partial charge in [0, 0.05) is 38.6 Å². The minimum absolute atomic E-state index is 0.238. The zero-order chi connectivity index (χ0) is 23.2. The molecule has 10 nitrogen and oxygen atoms in total. The number of carbonyl (C=O) groups is 1. The third kappa shape index (κ3) is 3.37. The molecule has 3 N–H and O–H groups in total. The van der Waals surface area contributed by atoms with Gasteiger partial charge in [0.05, 0.1) is 35.4 Å². The summed E-state index contributed by atoms with van der Waals surface area (Å²) in [5.74, 6) is 0.446. The predicted molar refractivity (Wildman–Crippen MR) is 129 cm³/mol. The Kier molecular flexibility index (Phi) is 5.09. The van der Waals surface area contributed by atoms with Gasteiger partial charge < -0.3 is 20.6 Å². The molecule has 0 bridgehead atoms. The van der Waals surface area contributed by atoms with E-state index >= 15 is 0 Å². The largest absolute Gasteiger partial charge is 0.391 e. The minimum atomic E-state index is -0.508. The molecule has 1 unspecified atom stereocenters. The van der Waals surface area contributed by atoms with Crippen LogP contribution in [-0.2, 0) is 0 Å². The van der Waals surface area contributed by atoms with Gasteiger partial charge in [-0.25, -0.2) is 9.97 Å². The topological polar surface area (TPSA) is 112 Å². The summed E-state index contributed by atoms with van der Waals surface area (Å²) in [7, 11) is 1.82. The van der Waals surface area contributed by atoms with E-state index in [0.29, 0.717) is 23.3 Å². The fourth-order valence-electron chi connectivity index (χ4n) is 5.20. The van der Waals surface area contributed by atoms with Gasteiger partial charge in [0.25, 0.3) is 5.91 Å². The first-order valence-corrected chi connectivity index (χ1v) is 11.9. The van der Waals surface area contributed by atoms with Gasteiger partial charge >= 0.3 is 0 Å². The van der Waals surface area contributed by atoms with E-state index in [-0.39, 0.29) is 11.9 Å². The van der Waals surface area contributed by atoms with Gasteiger partial charge in [-0.15, -0.1) is 0 Å². The van der Waals surface area contributed by atoms with E-state index in [1.165, 1.54) is 19.0 Å². The molecule has 1 aliphatic heterocycles. The lowest BCUT2D eigenvalue weighted by atomic mass is 10.2. The average molecular weight is 461 g/mol. The predicted octanol–water partition coefficient (Wildman–Crippen LogP) is 2.33. The van der Waals surface area contributed by atoms with Gasteiger partial charge in [0.1, 0.15) is 11.4 Å². The van der Waals surface area contributed by atoms with Gasteiger partial charge in [0.15, 0.2) is 11.3 Å². The smallest absolute Gasteiger partial charge is 0.257 e. The van der Waals surface area contributed by atoms with E-state index < -0.39 is 6.10 Å². The lowest BCUT2D eigenvalue weighted by molar-refractivity contribution is 0.0874. The SMILES string of the molecule is CNc1cc(-c2ccc(N3CCCC3)c3nccn23)nc2c(C(=O)NC3CCC[C@H]3O)cnn12. The number of fused-ring (bicyclic) bond motifs is 2. The van der Waals surface area contributed by atoms with E-state index in [1.807, 2.05) is 19.3 Å². The first kappa shape index (κ1) is 20.9. The Bertz CT molecular complexity index is 1370. The first-order chi connectivity index (χ1) is 16.6. The Morgan fingerprint density at radius 1 is 1.15 bits per heavy atom. The zero-order valence-corrected chi connectivity index (χ0v) is 19.1. The lowest BCUT2D eigenvalue weighted by Crippen LogP contribution is -2.39. The summed E-state index contributed by atoms with van der Waals surface area (Å²) in [6.45, 7) is 2.08. The highest BCUT2D eigenvalue weighted by atomic mass is 16.3. The number of hydrogen-bond donors (Lipinski definition) is 3. The van der Waals surface area contributed by atoms with Crippen LogP contribution >= 0.6 is 0 Å². The number of imidazole rings is 1. The minimum Gasteiger partial charge on any atom is -0.391 e. The summed E-state index contributed by atoms with van der Waals surface area (Å²) in [6.07, 6.45) is 9.56. The van der Waals surface area contributed by atoms with Gasteiger partial charge in [-0.3, -0.25) is 9.20 Å². The van der Waals surface area contributed by atoms with Crippen LogP contribution in [0.25, 0.3) is 22.7 Å². The van der Waals surface area contributed by atoms with Crippen molar-refractivity contribution in [2.45, 2.75) is 44.2 Å². The Balaban J connectivity index is 1.43. The van der Waals surface area contributed by atoms with E-state index in [9.17, 15) is 9.90 Å². The van der Waals surface area contributed by atoms with Gasteiger partial charge in [-0.05, 0) is 44.2 Å². The normalized spacial score (nSPS) is 20.5. The number of nitrogens with zero attached hydrogens (tertiary/aromatic N) is 6. The number of aromatic nitrogens is 5. The van der Waals surface area contributed by atoms with Gasteiger partial charge in [-0.1, -0.05) is 0 Å². The van der Waals surface area contributed by atoms with Crippen LogP contribution in [0.3, 0.4) is 0 Å².